The lowest BCUT2D eigenvalue weighted by Gasteiger charge is -2.40. The van der Waals surface area contributed by atoms with Crippen LogP contribution in [0.3, 0.4) is 0 Å². The normalized spacial score (nSPS) is 33.2. The van der Waals surface area contributed by atoms with E-state index in [2.05, 4.69) is 31.1 Å². The largest absolute Gasteiger partial charge is 0.330 e. The summed E-state index contributed by atoms with van der Waals surface area (Å²) >= 11 is 0. The van der Waals surface area contributed by atoms with Crippen molar-refractivity contribution >= 4 is 0 Å². The van der Waals surface area contributed by atoms with E-state index in [1.807, 2.05) is 0 Å². The Bertz CT molecular complexity index is 172. The summed E-state index contributed by atoms with van der Waals surface area (Å²) in [5.74, 6) is 0.768. The van der Waals surface area contributed by atoms with E-state index in [4.69, 9.17) is 5.73 Å². The van der Waals surface area contributed by atoms with Gasteiger partial charge in [0.2, 0.25) is 0 Å². The summed E-state index contributed by atoms with van der Waals surface area (Å²) in [5, 5.41) is 3.67. The predicted octanol–water partition coefficient (Wildman–Crippen LogP) is 1.04. The Labute approximate surface area is 94.4 Å². The number of nitrogens with one attached hydrogen (secondary N) is 1. The number of unbranched alkanes of at least 4 members (excludes halogenated alkanes) is 1. The van der Waals surface area contributed by atoms with E-state index in [0.29, 0.717) is 12.1 Å². The van der Waals surface area contributed by atoms with Gasteiger partial charge < -0.3 is 16.0 Å². The first-order chi connectivity index (χ1) is 7.15. The summed E-state index contributed by atoms with van der Waals surface area (Å²) in [4.78, 5) is 2.46. The second kappa shape index (κ2) is 6.46. The van der Waals surface area contributed by atoms with Crippen molar-refractivity contribution in [3.05, 3.63) is 0 Å². The molecule has 0 bridgehead atoms. The van der Waals surface area contributed by atoms with Crippen molar-refractivity contribution in [2.24, 2.45) is 11.7 Å². The number of rotatable bonds is 5. The molecule has 3 N–H and O–H groups in total. The molecule has 3 heteroatoms. The molecule has 1 rings (SSSR count). The van der Waals surface area contributed by atoms with E-state index in [1.165, 1.54) is 19.4 Å². The minimum absolute atomic E-state index is 0.703. The first-order valence-electron chi connectivity index (χ1n) is 6.28. The molecule has 0 amide bonds. The van der Waals surface area contributed by atoms with Crippen molar-refractivity contribution in [2.75, 3.05) is 26.7 Å². The smallest absolute Gasteiger partial charge is 0.0120 e. The van der Waals surface area contributed by atoms with Crippen LogP contribution in [0.5, 0.6) is 0 Å². The Morgan fingerprint density at radius 2 is 2.07 bits per heavy atom. The average Bonchev–Trinajstić information content (AvgIpc) is 2.20. The third-order valence-corrected chi connectivity index (χ3v) is 3.65. The van der Waals surface area contributed by atoms with Gasteiger partial charge in [0.15, 0.2) is 0 Å². The highest BCUT2D eigenvalue weighted by molar-refractivity contribution is 4.85. The van der Waals surface area contributed by atoms with Crippen LogP contribution in [0.4, 0.5) is 0 Å². The summed E-state index contributed by atoms with van der Waals surface area (Å²) in [6.45, 7) is 7.84. The first kappa shape index (κ1) is 12.9. The van der Waals surface area contributed by atoms with Gasteiger partial charge in [0.1, 0.15) is 0 Å². The second-order valence-corrected chi connectivity index (χ2v) is 5.06. The van der Waals surface area contributed by atoms with Gasteiger partial charge >= 0.3 is 0 Å². The minimum Gasteiger partial charge on any atom is -0.330 e. The molecule has 3 unspecified atom stereocenters. The quantitative estimate of drug-likeness (QED) is 0.671. The molecule has 0 aliphatic carbocycles. The molecule has 0 aromatic rings. The molecule has 1 aliphatic heterocycles. The first-order valence-corrected chi connectivity index (χ1v) is 6.28. The van der Waals surface area contributed by atoms with Crippen molar-refractivity contribution in [1.82, 2.24) is 10.2 Å². The van der Waals surface area contributed by atoms with E-state index < -0.39 is 0 Å². The molecule has 1 heterocycles. The lowest BCUT2D eigenvalue weighted by molar-refractivity contribution is 0.122. The van der Waals surface area contributed by atoms with Crippen LogP contribution in [-0.2, 0) is 0 Å². The van der Waals surface area contributed by atoms with E-state index in [1.54, 1.807) is 0 Å². The van der Waals surface area contributed by atoms with E-state index in [9.17, 15) is 0 Å². The molecule has 3 nitrogen and oxygen atoms in total. The Balaban J connectivity index is 2.22. The average molecular weight is 213 g/mol. The molecule has 0 spiro atoms. The molecule has 0 aromatic carbocycles. The van der Waals surface area contributed by atoms with Gasteiger partial charge in [-0.05, 0) is 52.2 Å². The maximum Gasteiger partial charge on any atom is 0.0120 e. The second-order valence-electron chi connectivity index (χ2n) is 5.06. The Kier molecular flexibility index (Phi) is 5.58. The van der Waals surface area contributed by atoms with Crippen molar-refractivity contribution in [3.63, 3.8) is 0 Å². The van der Waals surface area contributed by atoms with Crippen LogP contribution in [-0.4, -0.2) is 43.7 Å². The maximum atomic E-state index is 5.48. The Hall–Kier alpha value is -0.120. The molecule has 1 aliphatic rings. The van der Waals surface area contributed by atoms with Gasteiger partial charge in [-0.1, -0.05) is 6.92 Å². The standard InChI is InChI=1S/C12H27N3/c1-10-9-15(3)11(2)8-12(10)14-7-5-4-6-13/h10-12,14H,4-9,13H2,1-3H3. The highest BCUT2D eigenvalue weighted by atomic mass is 15.2. The molecule has 0 saturated carbocycles. The monoisotopic (exact) mass is 213 g/mol. The number of piperidine rings is 1. The van der Waals surface area contributed by atoms with Crippen molar-refractivity contribution < 1.29 is 0 Å². The highest BCUT2D eigenvalue weighted by Gasteiger charge is 2.27. The molecule has 0 aromatic heterocycles. The molecular weight excluding hydrogens is 186 g/mol. The lowest BCUT2D eigenvalue weighted by atomic mass is 9.90. The zero-order valence-electron chi connectivity index (χ0n) is 10.5. The van der Waals surface area contributed by atoms with Crippen LogP contribution in [0.25, 0.3) is 0 Å². The summed E-state index contributed by atoms with van der Waals surface area (Å²) in [7, 11) is 2.23. The highest BCUT2D eigenvalue weighted by Crippen LogP contribution is 2.20. The van der Waals surface area contributed by atoms with Gasteiger partial charge in [0.05, 0.1) is 0 Å². The zero-order valence-corrected chi connectivity index (χ0v) is 10.5. The fourth-order valence-electron chi connectivity index (χ4n) is 2.38. The van der Waals surface area contributed by atoms with Crippen LogP contribution >= 0.6 is 0 Å². The van der Waals surface area contributed by atoms with Gasteiger partial charge in [-0.15, -0.1) is 0 Å². The SMILES string of the molecule is CC1CN(C)C(C)CC1NCCCCN. The Morgan fingerprint density at radius 1 is 1.33 bits per heavy atom. The third kappa shape index (κ3) is 4.09. The lowest BCUT2D eigenvalue weighted by Crippen LogP contribution is -2.51. The van der Waals surface area contributed by atoms with Crippen molar-refractivity contribution in [2.45, 2.75) is 45.2 Å². The van der Waals surface area contributed by atoms with Gasteiger partial charge in [0, 0.05) is 18.6 Å². The maximum absolute atomic E-state index is 5.48. The van der Waals surface area contributed by atoms with Crippen LogP contribution in [0.15, 0.2) is 0 Å². The van der Waals surface area contributed by atoms with Crippen LogP contribution < -0.4 is 11.1 Å². The fourth-order valence-corrected chi connectivity index (χ4v) is 2.38. The van der Waals surface area contributed by atoms with Crippen molar-refractivity contribution in [3.8, 4) is 0 Å². The molecular formula is C12H27N3. The van der Waals surface area contributed by atoms with E-state index in [-0.39, 0.29) is 0 Å². The summed E-state index contributed by atoms with van der Waals surface area (Å²) in [6, 6.07) is 1.42. The molecule has 90 valence electrons. The fraction of sp³-hybridized carbons (Fsp3) is 1.00. The molecule has 15 heavy (non-hydrogen) atoms. The number of hydrogen-bond acceptors (Lipinski definition) is 3. The molecule has 0 radical (unpaired) electrons. The van der Waals surface area contributed by atoms with Crippen LogP contribution in [0, 0.1) is 5.92 Å². The molecule has 1 fully saturated rings. The van der Waals surface area contributed by atoms with Crippen LogP contribution in [0.2, 0.25) is 0 Å². The third-order valence-electron chi connectivity index (χ3n) is 3.65. The van der Waals surface area contributed by atoms with Crippen molar-refractivity contribution in [1.29, 1.82) is 0 Å². The zero-order chi connectivity index (χ0) is 11.3. The number of nitrogens with two attached hydrogens (primary N) is 1. The number of hydrogen-bond donors (Lipinski definition) is 2. The van der Waals surface area contributed by atoms with Crippen LogP contribution in [0.1, 0.15) is 33.1 Å². The van der Waals surface area contributed by atoms with Gasteiger partial charge in [-0.3, -0.25) is 0 Å². The molecule has 1 saturated heterocycles. The summed E-state index contributed by atoms with van der Waals surface area (Å²) in [5.41, 5.74) is 5.48. The number of nitrogens with zero attached hydrogens (tertiary/aromatic N) is 1. The van der Waals surface area contributed by atoms with Gasteiger partial charge in [-0.25, -0.2) is 0 Å². The number of likely N-dealkylation sites (tertiary alicyclic amines) is 1. The molecule has 3 atom stereocenters. The Morgan fingerprint density at radius 3 is 2.73 bits per heavy atom. The predicted molar refractivity (Wildman–Crippen MR) is 66.0 cm³/mol. The van der Waals surface area contributed by atoms with E-state index >= 15 is 0 Å². The topological polar surface area (TPSA) is 41.3 Å². The minimum atomic E-state index is 0.703. The summed E-state index contributed by atoms with van der Waals surface area (Å²) < 4.78 is 0. The van der Waals surface area contributed by atoms with E-state index in [0.717, 1.165) is 25.4 Å². The van der Waals surface area contributed by atoms with Gasteiger partial charge in [0.25, 0.3) is 0 Å². The summed E-state index contributed by atoms with van der Waals surface area (Å²) in [6.07, 6.45) is 3.63. The van der Waals surface area contributed by atoms with Gasteiger partial charge in [-0.2, -0.15) is 0 Å².